The monoisotopic (exact) mass is 419 g/mol. The van der Waals surface area contributed by atoms with E-state index in [0.29, 0.717) is 49.8 Å². The molecule has 0 aliphatic carbocycles. The molecule has 0 radical (unpaired) electrons. The molecule has 6 nitrogen and oxygen atoms in total. The summed E-state index contributed by atoms with van der Waals surface area (Å²) in [6, 6.07) is 10.3. The second-order valence-corrected chi connectivity index (χ2v) is 7.22. The molecule has 158 valence electrons. The van der Waals surface area contributed by atoms with Gasteiger partial charge in [0.1, 0.15) is 18.2 Å². The minimum Gasteiger partial charge on any atom is -0.491 e. The summed E-state index contributed by atoms with van der Waals surface area (Å²) in [5.74, 6) is 1.36. The van der Waals surface area contributed by atoms with E-state index in [2.05, 4.69) is 10.3 Å². The normalized spacial score (nSPS) is 18.8. The van der Waals surface area contributed by atoms with Gasteiger partial charge in [0.2, 0.25) is 0 Å². The van der Waals surface area contributed by atoms with Gasteiger partial charge in [-0.15, -0.1) is 0 Å². The van der Waals surface area contributed by atoms with E-state index < -0.39 is 17.8 Å². The highest BCUT2D eigenvalue weighted by atomic mass is 19.4. The molecule has 4 rings (SSSR count). The van der Waals surface area contributed by atoms with Gasteiger partial charge in [-0.1, -0.05) is 18.2 Å². The second kappa shape index (κ2) is 7.89. The molecule has 0 unspecified atom stereocenters. The van der Waals surface area contributed by atoms with Crippen LogP contribution >= 0.6 is 0 Å². The predicted octanol–water partition coefficient (Wildman–Crippen LogP) is 3.85. The molecular weight excluding hydrogens is 399 g/mol. The summed E-state index contributed by atoms with van der Waals surface area (Å²) in [4.78, 5) is 17.6. The summed E-state index contributed by atoms with van der Waals surface area (Å²) in [6.07, 6.45) is -4.77. The molecule has 30 heavy (non-hydrogen) atoms. The van der Waals surface area contributed by atoms with Crippen molar-refractivity contribution in [3.8, 4) is 16.9 Å². The van der Waals surface area contributed by atoms with Crippen molar-refractivity contribution in [3.05, 3.63) is 53.6 Å². The van der Waals surface area contributed by atoms with Crippen molar-refractivity contribution in [1.29, 1.82) is 0 Å². The van der Waals surface area contributed by atoms with E-state index in [1.807, 2.05) is 17.0 Å². The van der Waals surface area contributed by atoms with Gasteiger partial charge in [-0.05, 0) is 41.8 Å². The molecule has 2 heterocycles. The van der Waals surface area contributed by atoms with Crippen molar-refractivity contribution in [2.24, 2.45) is 4.99 Å². The lowest BCUT2D eigenvalue weighted by atomic mass is 10.00. The fourth-order valence-electron chi connectivity index (χ4n) is 3.77. The van der Waals surface area contributed by atoms with Crippen molar-refractivity contribution in [2.45, 2.75) is 18.6 Å². The summed E-state index contributed by atoms with van der Waals surface area (Å²) in [5, 5.41) is 11.5. The van der Waals surface area contributed by atoms with Crippen LogP contribution in [0.2, 0.25) is 0 Å². The van der Waals surface area contributed by atoms with Gasteiger partial charge in [-0.25, -0.2) is 4.79 Å². The number of aliphatic imine (C=N–C) groups is 1. The standard InChI is InChI=1S/C21H20F3N3O3/c22-21(23,24)15-4-1-13(2-5-15)14-3-6-18-17(11-14)19(25-8-10-30-18)27-9-7-16(12-27)26-20(28)29/h1-6,11,16,26H,7-10,12H2,(H,28,29)/t16-/m0/s1. The molecule has 2 aliphatic rings. The highest BCUT2D eigenvalue weighted by Gasteiger charge is 2.31. The van der Waals surface area contributed by atoms with Crippen molar-refractivity contribution in [2.75, 3.05) is 26.2 Å². The molecule has 1 atom stereocenters. The van der Waals surface area contributed by atoms with Gasteiger partial charge in [0, 0.05) is 13.1 Å². The van der Waals surface area contributed by atoms with E-state index in [-0.39, 0.29) is 6.04 Å². The number of benzene rings is 2. The van der Waals surface area contributed by atoms with Crippen LogP contribution in [0.1, 0.15) is 17.5 Å². The maximum absolute atomic E-state index is 12.8. The Bertz CT molecular complexity index is 974. The Labute approximate surface area is 171 Å². The molecule has 1 fully saturated rings. The fourth-order valence-corrected chi connectivity index (χ4v) is 3.77. The lowest BCUT2D eigenvalue weighted by molar-refractivity contribution is -0.137. The largest absolute Gasteiger partial charge is 0.491 e. The number of carbonyl (C=O) groups is 1. The third-order valence-electron chi connectivity index (χ3n) is 5.19. The minimum absolute atomic E-state index is 0.184. The number of ether oxygens (including phenoxy) is 1. The SMILES string of the molecule is O=C(O)N[C@H]1CCN(C2=NCCOc3ccc(-c4ccc(C(F)(F)F)cc4)cc32)C1. The number of hydrogen-bond acceptors (Lipinski definition) is 4. The molecule has 2 N–H and O–H groups in total. The molecule has 1 amide bonds. The molecule has 9 heteroatoms. The number of nitrogens with one attached hydrogen (secondary N) is 1. The van der Waals surface area contributed by atoms with Crippen molar-refractivity contribution >= 4 is 11.9 Å². The molecule has 1 saturated heterocycles. The van der Waals surface area contributed by atoms with E-state index in [1.165, 1.54) is 12.1 Å². The molecule has 2 aliphatic heterocycles. The lowest BCUT2D eigenvalue weighted by Gasteiger charge is -2.22. The Kier molecular flexibility index (Phi) is 5.27. The Morgan fingerprint density at radius 3 is 2.60 bits per heavy atom. The maximum Gasteiger partial charge on any atom is 0.416 e. The van der Waals surface area contributed by atoms with E-state index in [4.69, 9.17) is 9.84 Å². The third kappa shape index (κ3) is 4.19. The van der Waals surface area contributed by atoms with Crippen LogP contribution < -0.4 is 10.1 Å². The number of carboxylic acid groups (broad SMARTS) is 1. The van der Waals surface area contributed by atoms with E-state index in [0.717, 1.165) is 23.3 Å². The Morgan fingerprint density at radius 2 is 1.90 bits per heavy atom. The van der Waals surface area contributed by atoms with Gasteiger partial charge < -0.3 is 20.1 Å². The van der Waals surface area contributed by atoms with Crippen LogP contribution in [-0.4, -0.2) is 54.2 Å². The van der Waals surface area contributed by atoms with Crippen LogP contribution in [0.5, 0.6) is 5.75 Å². The van der Waals surface area contributed by atoms with Gasteiger partial charge >= 0.3 is 12.3 Å². The zero-order valence-electron chi connectivity index (χ0n) is 15.9. The number of amidine groups is 1. The van der Waals surface area contributed by atoms with Gasteiger partial charge in [0.25, 0.3) is 0 Å². The first kappa shape index (κ1) is 20.1. The summed E-state index contributed by atoms with van der Waals surface area (Å²) in [5.41, 5.74) is 1.46. The Hall–Kier alpha value is -3.23. The first-order valence-electron chi connectivity index (χ1n) is 9.55. The number of rotatable bonds is 2. The van der Waals surface area contributed by atoms with Gasteiger partial charge in [0.05, 0.1) is 23.7 Å². The number of amides is 1. The van der Waals surface area contributed by atoms with E-state index >= 15 is 0 Å². The number of hydrogen-bond donors (Lipinski definition) is 2. The topological polar surface area (TPSA) is 74.2 Å². The fraction of sp³-hybridized carbons (Fsp3) is 0.333. The van der Waals surface area contributed by atoms with Gasteiger partial charge in [0.15, 0.2) is 0 Å². The zero-order valence-corrected chi connectivity index (χ0v) is 15.9. The van der Waals surface area contributed by atoms with Crippen molar-refractivity contribution in [1.82, 2.24) is 10.2 Å². The van der Waals surface area contributed by atoms with Crippen LogP contribution in [0.4, 0.5) is 18.0 Å². The van der Waals surface area contributed by atoms with E-state index in [1.54, 1.807) is 6.07 Å². The highest BCUT2D eigenvalue weighted by Crippen LogP contribution is 2.33. The predicted molar refractivity (Wildman–Crippen MR) is 105 cm³/mol. The Balaban J connectivity index is 1.63. The van der Waals surface area contributed by atoms with Crippen LogP contribution in [-0.2, 0) is 6.18 Å². The molecule has 2 aromatic rings. The van der Waals surface area contributed by atoms with Crippen molar-refractivity contribution < 1.29 is 27.8 Å². The third-order valence-corrected chi connectivity index (χ3v) is 5.19. The molecular formula is C21H20F3N3O3. The van der Waals surface area contributed by atoms with Gasteiger partial charge in [-0.2, -0.15) is 13.2 Å². The first-order chi connectivity index (χ1) is 14.3. The number of fused-ring (bicyclic) bond motifs is 1. The molecule has 0 saturated carbocycles. The van der Waals surface area contributed by atoms with Crippen LogP contribution in [0, 0.1) is 0 Å². The highest BCUT2D eigenvalue weighted by molar-refractivity contribution is 6.02. The minimum atomic E-state index is -4.38. The van der Waals surface area contributed by atoms with Crippen LogP contribution in [0.25, 0.3) is 11.1 Å². The van der Waals surface area contributed by atoms with Crippen LogP contribution in [0.3, 0.4) is 0 Å². The van der Waals surface area contributed by atoms with Crippen LogP contribution in [0.15, 0.2) is 47.5 Å². The quantitative estimate of drug-likeness (QED) is 0.776. The smallest absolute Gasteiger partial charge is 0.416 e. The number of halogens is 3. The van der Waals surface area contributed by atoms with Gasteiger partial charge in [-0.3, -0.25) is 4.99 Å². The first-order valence-corrected chi connectivity index (χ1v) is 9.55. The second-order valence-electron chi connectivity index (χ2n) is 7.22. The molecule has 0 bridgehead atoms. The zero-order chi connectivity index (χ0) is 21.3. The molecule has 0 spiro atoms. The number of likely N-dealkylation sites (tertiary alicyclic amines) is 1. The number of alkyl halides is 3. The maximum atomic E-state index is 12.8. The summed E-state index contributed by atoms with van der Waals surface area (Å²) in [7, 11) is 0. The summed E-state index contributed by atoms with van der Waals surface area (Å²) >= 11 is 0. The summed E-state index contributed by atoms with van der Waals surface area (Å²) in [6.45, 7) is 2.02. The summed E-state index contributed by atoms with van der Waals surface area (Å²) < 4.78 is 44.3. The number of nitrogens with zero attached hydrogens (tertiary/aromatic N) is 2. The lowest BCUT2D eigenvalue weighted by Crippen LogP contribution is -2.38. The average molecular weight is 419 g/mol. The Morgan fingerprint density at radius 1 is 1.17 bits per heavy atom. The van der Waals surface area contributed by atoms with Crippen molar-refractivity contribution in [3.63, 3.8) is 0 Å². The molecule has 0 aromatic heterocycles. The molecule has 2 aromatic carbocycles. The average Bonchev–Trinajstić information content (AvgIpc) is 3.04. The van der Waals surface area contributed by atoms with E-state index in [9.17, 15) is 18.0 Å².